The van der Waals surface area contributed by atoms with E-state index < -0.39 is 17.9 Å². The number of nitrogens with zero attached hydrogens (tertiary/aromatic N) is 1. The molecule has 3 rings (SSSR count). The van der Waals surface area contributed by atoms with Gasteiger partial charge in [-0.25, -0.2) is 9.79 Å². The molecule has 0 spiro atoms. The first-order valence-electron chi connectivity index (χ1n) is 8.55. The zero-order chi connectivity index (χ0) is 18.0. The number of rotatable bonds is 5. The van der Waals surface area contributed by atoms with Crippen LogP contribution in [0, 0.1) is 11.8 Å². The molecule has 132 valence electrons. The second kappa shape index (κ2) is 7.19. The second-order valence-electron chi connectivity index (χ2n) is 6.61. The first-order chi connectivity index (χ1) is 12.1. The van der Waals surface area contributed by atoms with Gasteiger partial charge in [-0.3, -0.25) is 0 Å². The fourth-order valence-electron chi connectivity index (χ4n) is 3.32. The maximum Gasteiger partial charge on any atom is 0.330 e. The number of carbonyl (C=O) groups is 2. The minimum atomic E-state index is -0.699. The highest BCUT2D eigenvalue weighted by Crippen LogP contribution is 2.26. The summed E-state index contributed by atoms with van der Waals surface area (Å²) in [6.45, 7) is 4.39. The van der Waals surface area contributed by atoms with Crippen LogP contribution in [0.15, 0.2) is 29.3 Å². The van der Waals surface area contributed by atoms with Gasteiger partial charge in [-0.1, -0.05) is 32.0 Å². The van der Waals surface area contributed by atoms with Crippen LogP contribution in [-0.2, 0) is 20.7 Å². The van der Waals surface area contributed by atoms with Crippen molar-refractivity contribution in [2.45, 2.75) is 26.3 Å². The summed E-state index contributed by atoms with van der Waals surface area (Å²) in [4.78, 5) is 31.7. The third-order valence-electron chi connectivity index (χ3n) is 4.72. The molecule has 1 aliphatic rings. The fraction of sp³-hybridized carbons (Fsp3) is 0.421. The Morgan fingerprint density at radius 3 is 2.80 bits per heavy atom. The van der Waals surface area contributed by atoms with Crippen molar-refractivity contribution in [2.24, 2.45) is 16.8 Å². The lowest BCUT2D eigenvalue weighted by Gasteiger charge is -2.24. The van der Waals surface area contributed by atoms with Gasteiger partial charge in [-0.15, -0.1) is 0 Å². The van der Waals surface area contributed by atoms with Gasteiger partial charge in [0.05, 0.1) is 0 Å². The third kappa shape index (κ3) is 3.22. The highest BCUT2D eigenvalue weighted by atomic mass is 16.5. The lowest BCUT2D eigenvalue weighted by molar-refractivity contribution is -0.141. The molecule has 0 aliphatic carbocycles. The average Bonchev–Trinajstić information content (AvgIpc) is 2.99. The zero-order valence-corrected chi connectivity index (χ0v) is 14.7. The van der Waals surface area contributed by atoms with E-state index in [0.29, 0.717) is 12.4 Å². The average molecular weight is 341 g/mol. The molecule has 1 aliphatic heterocycles. The maximum absolute atomic E-state index is 12.6. The number of nitrogens with one attached hydrogen (secondary N) is 2. The number of aliphatic imine (C=N–C) groups is 1. The number of aromatic amines is 1. The molecule has 2 aromatic rings. The van der Waals surface area contributed by atoms with Crippen molar-refractivity contribution < 1.29 is 14.3 Å². The van der Waals surface area contributed by atoms with Crippen LogP contribution in [0.1, 0.15) is 25.1 Å². The number of likely N-dealkylation sites (N-methyl/N-ethyl adjacent to an activating group) is 1. The quantitative estimate of drug-likeness (QED) is 0.644. The van der Waals surface area contributed by atoms with Crippen molar-refractivity contribution in [3.63, 3.8) is 0 Å². The van der Waals surface area contributed by atoms with E-state index in [4.69, 9.17) is 4.74 Å². The molecular formula is C19H23N3O3. The Bertz CT molecular complexity index is 822. The fourth-order valence-corrected chi connectivity index (χ4v) is 3.32. The number of esters is 1. The minimum Gasteiger partial charge on any atom is -0.404 e. The van der Waals surface area contributed by atoms with Crippen LogP contribution in [0.4, 0.5) is 0 Å². The molecule has 6 heteroatoms. The molecule has 0 radical (unpaired) electrons. The van der Waals surface area contributed by atoms with Gasteiger partial charge in [0.1, 0.15) is 18.0 Å². The van der Waals surface area contributed by atoms with Crippen LogP contribution in [-0.4, -0.2) is 42.8 Å². The van der Waals surface area contributed by atoms with Gasteiger partial charge in [0.2, 0.25) is 5.90 Å². The van der Waals surface area contributed by atoms with Crippen LogP contribution in [0.25, 0.3) is 10.9 Å². The van der Waals surface area contributed by atoms with E-state index >= 15 is 0 Å². The highest BCUT2D eigenvalue weighted by molar-refractivity contribution is 6.06. The van der Waals surface area contributed by atoms with Gasteiger partial charge in [-0.05, 0) is 31.0 Å². The molecule has 0 bridgehead atoms. The van der Waals surface area contributed by atoms with E-state index in [2.05, 4.69) is 15.3 Å². The van der Waals surface area contributed by atoms with E-state index in [1.807, 2.05) is 38.1 Å². The second-order valence-corrected chi connectivity index (χ2v) is 6.61. The standard InChI is InChI=1S/C19H23N3O3/c1-11(2)14(10-23)17(20-3)19(24)25-18-16-13(8-9-21-18)12-6-4-5-7-15(12)22-16/h4-7,10-11,14,17,20,22H,8-9H2,1-3H3/t14?,17-/m0/s1. The van der Waals surface area contributed by atoms with E-state index in [0.717, 1.165) is 34.9 Å². The van der Waals surface area contributed by atoms with Crippen LogP contribution in [0.3, 0.4) is 0 Å². The van der Waals surface area contributed by atoms with Gasteiger partial charge in [0, 0.05) is 23.4 Å². The topological polar surface area (TPSA) is 83.5 Å². The van der Waals surface area contributed by atoms with Crippen LogP contribution in [0.5, 0.6) is 0 Å². The number of carbonyl (C=O) groups excluding carboxylic acids is 2. The van der Waals surface area contributed by atoms with Gasteiger partial charge in [0.15, 0.2) is 0 Å². The Morgan fingerprint density at radius 1 is 1.36 bits per heavy atom. The predicted molar refractivity (Wildman–Crippen MR) is 96.7 cm³/mol. The molecule has 1 aromatic heterocycles. The molecule has 0 saturated heterocycles. The summed E-state index contributed by atoms with van der Waals surface area (Å²) in [5, 5.41) is 4.03. The number of aldehydes is 1. The Kier molecular flexibility index (Phi) is 4.99. The molecule has 2 N–H and O–H groups in total. The SMILES string of the molecule is CN[C@H](C(=O)OC1=NCCc2c1[nH]c1ccccc21)C(C=O)C(C)C. The summed E-state index contributed by atoms with van der Waals surface area (Å²) < 4.78 is 5.59. The number of ether oxygens (including phenoxy) is 1. The number of fused-ring (bicyclic) bond motifs is 3. The van der Waals surface area contributed by atoms with Gasteiger partial charge in [0.25, 0.3) is 0 Å². The lowest BCUT2D eigenvalue weighted by atomic mass is 9.90. The summed E-state index contributed by atoms with van der Waals surface area (Å²) >= 11 is 0. The first-order valence-corrected chi connectivity index (χ1v) is 8.55. The van der Waals surface area contributed by atoms with E-state index in [1.165, 1.54) is 0 Å². The van der Waals surface area contributed by atoms with Crippen molar-refractivity contribution in [1.29, 1.82) is 0 Å². The monoisotopic (exact) mass is 341 g/mol. The van der Waals surface area contributed by atoms with Crippen LogP contribution >= 0.6 is 0 Å². The molecular weight excluding hydrogens is 318 g/mol. The molecule has 0 fully saturated rings. The van der Waals surface area contributed by atoms with E-state index in [1.54, 1.807) is 7.05 Å². The van der Waals surface area contributed by atoms with E-state index in [9.17, 15) is 9.59 Å². The van der Waals surface area contributed by atoms with E-state index in [-0.39, 0.29) is 5.92 Å². The van der Waals surface area contributed by atoms with Crippen molar-refractivity contribution >= 4 is 29.1 Å². The smallest absolute Gasteiger partial charge is 0.330 e. The number of hydrogen-bond acceptors (Lipinski definition) is 5. The molecule has 2 atom stereocenters. The number of hydrogen-bond donors (Lipinski definition) is 2. The summed E-state index contributed by atoms with van der Waals surface area (Å²) in [5.74, 6) is -0.613. The van der Waals surface area contributed by atoms with Gasteiger partial charge < -0.3 is 19.8 Å². The third-order valence-corrected chi connectivity index (χ3v) is 4.72. The largest absolute Gasteiger partial charge is 0.404 e. The molecule has 0 amide bonds. The maximum atomic E-state index is 12.6. The van der Waals surface area contributed by atoms with Gasteiger partial charge >= 0.3 is 5.97 Å². The van der Waals surface area contributed by atoms with Crippen molar-refractivity contribution in [3.05, 3.63) is 35.5 Å². The van der Waals surface area contributed by atoms with Crippen molar-refractivity contribution in [2.75, 3.05) is 13.6 Å². The molecule has 6 nitrogen and oxygen atoms in total. The number of H-pyrrole nitrogens is 1. The summed E-state index contributed by atoms with van der Waals surface area (Å²) in [6.07, 6.45) is 1.61. The first kappa shape index (κ1) is 17.4. The Balaban J connectivity index is 1.87. The number of aromatic nitrogens is 1. The summed E-state index contributed by atoms with van der Waals surface area (Å²) in [7, 11) is 1.65. The van der Waals surface area contributed by atoms with Crippen molar-refractivity contribution in [3.8, 4) is 0 Å². The van der Waals surface area contributed by atoms with Crippen LogP contribution < -0.4 is 5.32 Å². The van der Waals surface area contributed by atoms with Crippen molar-refractivity contribution in [1.82, 2.24) is 10.3 Å². The minimum absolute atomic E-state index is 0.0273. The lowest BCUT2D eigenvalue weighted by Crippen LogP contribution is -2.45. The normalized spacial score (nSPS) is 16.2. The Morgan fingerprint density at radius 2 is 2.12 bits per heavy atom. The predicted octanol–water partition coefficient (Wildman–Crippen LogP) is 2.07. The highest BCUT2D eigenvalue weighted by Gasteiger charge is 2.32. The van der Waals surface area contributed by atoms with Gasteiger partial charge in [-0.2, -0.15) is 0 Å². The Labute approximate surface area is 146 Å². The molecule has 0 saturated carbocycles. The molecule has 25 heavy (non-hydrogen) atoms. The number of para-hydroxylation sites is 1. The Hall–Kier alpha value is -2.47. The molecule has 2 heterocycles. The molecule has 1 aromatic carbocycles. The van der Waals surface area contributed by atoms with Crippen LogP contribution in [0.2, 0.25) is 0 Å². The number of benzene rings is 1. The molecule has 1 unspecified atom stereocenters. The summed E-state index contributed by atoms with van der Waals surface area (Å²) in [5.41, 5.74) is 2.87. The zero-order valence-electron chi connectivity index (χ0n) is 14.7. The summed E-state index contributed by atoms with van der Waals surface area (Å²) in [6, 6.07) is 7.29.